The largest absolute Gasteiger partial charge is 0.308 e. The van der Waals surface area contributed by atoms with E-state index in [1.54, 1.807) is 0 Å². The van der Waals surface area contributed by atoms with E-state index in [9.17, 15) is 0 Å². The van der Waals surface area contributed by atoms with E-state index in [2.05, 4.69) is 6.07 Å². The van der Waals surface area contributed by atoms with Crippen molar-refractivity contribution in [3.05, 3.63) is 0 Å². The quantitative estimate of drug-likeness (QED) is 0.554. The molecule has 2 nitrogen and oxygen atoms in total. The van der Waals surface area contributed by atoms with Gasteiger partial charge in [-0.05, 0) is 27.9 Å². The van der Waals surface area contributed by atoms with Gasteiger partial charge >= 0.3 is 0 Å². The molecule has 0 aromatic carbocycles. The Labute approximate surface area is 57.1 Å². The summed E-state index contributed by atoms with van der Waals surface area (Å²) in [4.78, 5) is 2.02. The average molecular weight is 126 g/mol. The normalized spacial score (nSPS) is 11.6. The number of nitrogens with zero attached hydrogens (tertiary/aromatic N) is 2. The van der Waals surface area contributed by atoms with Crippen LogP contribution >= 0.6 is 0 Å². The molecule has 52 valence electrons. The molecule has 0 aliphatic rings. The lowest BCUT2D eigenvalue weighted by Gasteiger charge is -2.19. The van der Waals surface area contributed by atoms with Gasteiger partial charge in [-0.3, -0.25) is 0 Å². The smallest absolute Gasteiger partial charge is 0.0697 e. The maximum atomic E-state index is 8.57. The Morgan fingerprint density at radius 3 is 2.00 bits per heavy atom. The van der Waals surface area contributed by atoms with Crippen molar-refractivity contribution in [1.29, 1.82) is 5.26 Å². The van der Waals surface area contributed by atoms with Gasteiger partial charge in [0.15, 0.2) is 0 Å². The van der Waals surface area contributed by atoms with Gasteiger partial charge in [-0.2, -0.15) is 5.26 Å². The molecule has 0 spiro atoms. The molecule has 0 fully saturated rings. The van der Waals surface area contributed by atoms with E-state index in [4.69, 9.17) is 5.26 Å². The molecule has 0 saturated heterocycles. The summed E-state index contributed by atoms with van der Waals surface area (Å²) in [5.74, 6) is 0. The van der Waals surface area contributed by atoms with Crippen molar-refractivity contribution in [2.24, 2.45) is 5.41 Å². The van der Waals surface area contributed by atoms with Gasteiger partial charge in [0.05, 0.1) is 11.5 Å². The summed E-state index contributed by atoms with van der Waals surface area (Å²) < 4.78 is 0. The second-order valence-electron chi connectivity index (χ2n) is 3.23. The van der Waals surface area contributed by atoms with Gasteiger partial charge in [-0.1, -0.05) is 0 Å². The zero-order valence-electron chi connectivity index (χ0n) is 6.60. The molecule has 0 rings (SSSR count). The third-order valence-electron chi connectivity index (χ3n) is 1.01. The Morgan fingerprint density at radius 2 is 1.89 bits per heavy atom. The van der Waals surface area contributed by atoms with Crippen LogP contribution in [-0.4, -0.2) is 25.5 Å². The van der Waals surface area contributed by atoms with Gasteiger partial charge in [0.1, 0.15) is 0 Å². The molecule has 0 saturated carbocycles. The van der Waals surface area contributed by atoms with Gasteiger partial charge in [-0.15, -0.1) is 0 Å². The van der Waals surface area contributed by atoms with Crippen LogP contribution in [0.3, 0.4) is 0 Å². The highest BCUT2D eigenvalue weighted by atomic mass is 15.1. The van der Waals surface area contributed by atoms with Crippen LogP contribution in [-0.2, 0) is 0 Å². The molecule has 0 unspecified atom stereocenters. The van der Waals surface area contributed by atoms with Crippen LogP contribution < -0.4 is 0 Å². The minimum Gasteiger partial charge on any atom is -0.308 e. The van der Waals surface area contributed by atoms with Gasteiger partial charge in [0.25, 0.3) is 0 Å². The third-order valence-corrected chi connectivity index (χ3v) is 1.01. The van der Waals surface area contributed by atoms with Crippen molar-refractivity contribution in [2.45, 2.75) is 13.8 Å². The monoisotopic (exact) mass is 126 g/mol. The minimum absolute atomic E-state index is 0.205. The molecule has 0 bridgehead atoms. The predicted octanol–water partition coefficient (Wildman–Crippen LogP) is 1.10. The molecule has 0 aromatic rings. The Bertz CT molecular complexity index is 119. The van der Waals surface area contributed by atoms with Crippen molar-refractivity contribution in [1.82, 2.24) is 4.90 Å². The van der Waals surface area contributed by atoms with Crippen LogP contribution in [0.1, 0.15) is 13.8 Å². The minimum atomic E-state index is -0.205. The van der Waals surface area contributed by atoms with Crippen molar-refractivity contribution < 1.29 is 0 Å². The maximum absolute atomic E-state index is 8.57. The zero-order valence-corrected chi connectivity index (χ0v) is 6.60. The summed E-state index contributed by atoms with van der Waals surface area (Å²) in [6, 6.07) is 2.23. The first-order valence-corrected chi connectivity index (χ1v) is 3.04. The Kier molecular flexibility index (Phi) is 2.66. The fourth-order valence-corrected chi connectivity index (χ4v) is 0.826. The van der Waals surface area contributed by atoms with Crippen LogP contribution in [0.15, 0.2) is 0 Å². The van der Waals surface area contributed by atoms with Crippen LogP contribution in [0.25, 0.3) is 0 Å². The van der Waals surface area contributed by atoms with Crippen molar-refractivity contribution in [3.8, 4) is 6.07 Å². The highest BCUT2D eigenvalue weighted by Crippen LogP contribution is 2.12. The first kappa shape index (κ1) is 8.45. The van der Waals surface area contributed by atoms with E-state index >= 15 is 0 Å². The molecule has 0 amide bonds. The van der Waals surface area contributed by atoms with Gasteiger partial charge in [0.2, 0.25) is 0 Å². The first-order valence-electron chi connectivity index (χ1n) is 3.04. The molecule has 0 heterocycles. The molecule has 0 aliphatic carbocycles. The molecule has 9 heavy (non-hydrogen) atoms. The molecule has 0 aromatic heterocycles. The van der Waals surface area contributed by atoms with E-state index in [0.29, 0.717) is 0 Å². The predicted molar refractivity (Wildman–Crippen MR) is 37.9 cm³/mol. The Balaban J connectivity index is 3.76. The topological polar surface area (TPSA) is 27.0 Å². The zero-order chi connectivity index (χ0) is 7.49. The summed E-state index contributed by atoms with van der Waals surface area (Å²) in [5.41, 5.74) is -0.205. The maximum Gasteiger partial charge on any atom is 0.0697 e. The lowest BCUT2D eigenvalue weighted by Crippen LogP contribution is -2.26. The summed E-state index contributed by atoms with van der Waals surface area (Å²) >= 11 is 0. The van der Waals surface area contributed by atoms with Gasteiger partial charge in [-0.25, -0.2) is 0 Å². The number of nitriles is 1. The summed E-state index contributed by atoms with van der Waals surface area (Å²) in [6.45, 7) is 4.70. The highest BCUT2D eigenvalue weighted by molar-refractivity contribution is 4.92. The fraction of sp³-hybridized carbons (Fsp3) is 0.857. The van der Waals surface area contributed by atoms with E-state index in [0.717, 1.165) is 6.54 Å². The number of hydrogen-bond acceptors (Lipinski definition) is 2. The lowest BCUT2D eigenvalue weighted by atomic mass is 9.96. The fourth-order valence-electron chi connectivity index (χ4n) is 0.826. The van der Waals surface area contributed by atoms with Crippen LogP contribution in [0, 0.1) is 16.7 Å². The van der Waals surface area contributed by atoms with E-state index in [1.807, 2.05) is 32.8 Å². The van der Waals surface area contributed by atoms with Crippen LogP contribution in [0.2, 0.25) is 0 Å². The van der Waals surface area contributed by atoms with Crippen LogP contribution in [0.4, 0.5) is 0 Å². The molecule has 0 aliphatic heterocycles. The molecule has 0 N–H and O–H groups in total. The Morgan fingerprint density at radius 1 is 1.44 bits per heavy atom. The molecule has 0 radical (unpaired) electrons. The van der Waals surface area contributed by atoms with E-state index in [-0.39, 0.29) is 5.41 Å². The molecule has 0 atom stereocenters. The van der Waals surface area contributed by atoms with Crippen LogP contribution in [0.5, 0.6) is 0 Å². The second-order valence-corrected chi connectivity index (χ2v) is 3.23. The standard InChI is InChI=1S/C7H14N2/c1-7(2,5-8)6-9(3)4/h6H2,1-4H3. The second kappa shape index (κ2) is 2.84. The Hall–Kier alpha value is -0.550. The van der Waals surface area contributed by atoms with Crippen molar-refractivity contribution in [2.75, 3.05) is 20.6 Å². The van der Waals surface area contributed by atoms with Crippen molar-refractivity contribution >= 4 is 0 Å². The van der Waals surface area contributed by atoms with Gasteiger partial charge < -0.3 is 4.90 Å². The third kappa shape index (κ3) is 3.99. The highest BCUT2D eigenvalue weighted by Gasteiger charge is 2.16. The summed E-state index contributed by atoms with van der Waals surface area (Å²) in [5, 5.41) is 8.57. The SMILES string of the molecule is CN(C)CC(C)(C)C#N. The number of rotatable bonds is 2. The molecule has 2 heteroatoms. The summed E-state index contributed by atoms with van der Waals surface area (Å²) in [6.07, 6.45) is 0. The average Bonchev–Trinajstić information content (AvgIpc) is 1.63. The van der Waals surface area contributed by atoms with Crippen molar-refractivity contribution in [3.63, 3.8) is 0 Å². The van der Waals surface area contributed by atoms with E-state index in [1.165, 1.54) is 0 Å². The number of hydrogen-bond donors (Lipinski definition) is 0. The summed E-state index contributed by atoms with van der Waals surface area (Å²) in [7, 11) is 3.94. The first-order chi connectivity index (χ1) is 3.98. The van der Waals surface area contributed by atoms with E-state index < -0.39 is 0 Å². The lowest BCUT2D eigenvalue weighted by molar-refractivity contribution is 0.300. The van der Waals surface area contributed by atoms with Gasteiger partial charge in [0, 0.05) is 6.54 Å². The molecular weight excluding hydrogens is 112 g/mol. The molecular formula is C7H14N2.